The van der Waals surface area contributed by atoms with Crippen molar-refractivity contribution in [1.29, 1.82) is 0 Å². The van der Waals surface area contributed by atoms with Crippen LogP contribution in [0.3, 0.4) is 0 Å². The second-order valence-corrected chi connectivity index (χ2v) is 6.08. The van der Waals surface area contributed by atoms with E-state index in [-0.39, 0.29) is 11.7 Å². The molecule has 1 saturated carbocycles. The van der Waals surface area contributed by atoms with Gasteiger partial charge in [-0.1, -0.05) is 19.3 Å². The number of halogens is 1. The largest absolute Gasteiger partial charge is 0.493 e. The third-order valence-electron chi connectivity index (χ3n) is 4.34. The molecule has 0 bridgehead atoms. The molecular weight excluding hydrogens is 329 g/mol. The van der Waals surface area contributed by atoms with Crippen LogP contribution in [0.4, 0.5) is 4.39 Å². The molecule has 2 aromatic rings. The molecule has 0 atom stereocenters. The minimum atomic E-state index is -0.964. The number of aromatic amines is 1. The lowest BCUT2D eigenvalue weighted by atomic mass is 9.95. The lowest BCUT2D eigenvalue weighted by Gasteiger charge is -2.22. The maximum Gasteiger partial charge on any atom is 0.335 e. The van der Waals surface area contributed by atoms with Gasteiger partial charge in [0.2, 0.25) is 5.88 Å². The molecule has 1 aromatic carbocycles. The summed E-state index contributed by atoms with van der Waals surface area (Å²) in [6.45, 7) is 0. The number of nitrogens with one attached hydrogen (secondary N) is 2. The van der Waals surface area contributed by atoms with Crippen molar-refractivity contribution in [3.63, 3.8) is 0 Å². The van der Waals surface area contributed by atoms with E-state index in [0.29, 0.717) is 0 Å². The molecule has 1 aliphatic rings. The third-order valence-corrected chi connectivity index (χ3v) is 4.34. The summed E-state index contributed by atoms with van der Waals surface area (Å²) >= 11 is 0. The highest BCUT2D eigenvalue weighted by atomic mass is 19.1. The Morgan fingerprint density at radius 2 is 1.80 bits per heavy atom. The number of aromatic hydroxyl groups is 1. The van der Waals surface area contributed by atoms with Crippen LogP contribution in [0, 0.1) is 5.82 Å². The number of carbonyl (C=O) groups excluding carboxylic acids is 1. The summed E-state index contributed by atoms with van der Waals surface area (Å²) in [5.74, 6) is -2.02. The molecule has 3 N–H and O–H groups in total. The van der Waals surface area contributed by atoms with Crippen molar-refractivity contribution < 1.29 is 14.3 Å². The standard InChI is InChI=1S/C17H18FN3O4/c18-10-6-8-12(9-7-10)21-16(24)13(15(23)20-17(21)25)14(22)19-11-4-2-1-3-5-11/h6-9,11,24H,1-5H2,(H,19,22)(H,20,23,25). The van der Waals surface area contributed by atoms with Crippen LogP contribution in [0.2, 0.25) is 0 Å². The third kappa shape index (κ3) is 3.47. The summed E-state index contributed by atoms with van der Waals surface area (Å²) in [5.41, 5.74) is -2.28. The number of aromatic nitrogens is 2. The van der Waals surface area contributed by atoms with Gasteiger partial charge in [-0.05, 0) is 37.1 Å². The van der Waals surface area contributed by atoms with Crippen LogP contribution in [0.1, 0.15) is 42.5 Å². The van der Waals surface area contributed by atoms with Gasteiger partial charge in [-0.15, -0.1) is 0 Å². The molecule has 1 fully saturated rings. The Kier molecular flexibility index (Phi) is 4.69. The van der Waals surface area contributed by atoms with Crippen LogP contribution in [0.15, 0.2) is 33.9 Å². The molecule has 0 unspecified atom stereocenters. The average Bonchev–Trinajstić information content (AvgIpc) is 2.57. The van der Waals surface area contributed by atoms with Crippen LogP contribution >= 0.6 is 0 Å². The lowest BCUT2D eigenvalue weighted by Crippen LogP contribution is -2.41. The minimum Gasteiger partial charge on any atom is -0.493 e. The van der Waals surface area contributed by atoms with Gasteiger partial charge in [0.05, 0.1) is 5.69 Å². The summed E-state index contributed by atoms with van der Waals surface area (Å²) in [4.78, 5) is 38.5. The molecule has 0 spiro atoms. The van der Waals surface area contributed by atoms with E-state index in [0.717, 1.165) is 48.8 Å². The van der Waals surface area contributed by atoms with Crippen LogP contribution in [-0.4, -0.2) is 26.6 Å². The fourth-order valence-electron chi connectivity index (χ4n) is 3.06. The van der Waals surface area contributed by atoms with E-state index in [1.807, 2.05) is 4.98 Å². The molecule has 0 radical (unpaired) electrons. The van der Waals surface area contributed by atoms with Crippen molar-refractivity contribution in [2.75, 3.05) is 0 Å². The molecule has 3 rings (SSSR count). The number of carbonyl (C=O) groups is 1. The number of hydrogen-bond donors (Lipinski definition) is 3. The maximum atomic E-state index is 13.1. The molecule has 132 valence electrons. The van der Waals surface area contributed by atoms with Gasteiger partial charge in [0.25, 0.3) is 11.5 Å². The molecule has 1 aromatic heterocycles. The zero-order valence-corrected chi connectivity index (χ0v) is 13.4. The van der Waals surface area contributed by atoms with Gasteiger partial charge in [-0.3, -0.25) is 14.6 Å². The van der Waals surface area contributed by atoms with Gasteiger partial charge in [0, 0.05) is 6.04 Å². The van der Waals surface area contributed by atoms with Crippen molar-refractivity contribution >= 4 is 5.91 Å². The fraction of sp³-hybridized carbons (Fsp3) is 0.353. The predicted octanol–water partition coefficient (Wildman–Crippen LogP) is 1.43. The number of H-pyrrole nitrogens is 1. The summed E-state index contributed by atoms with van der Waals surface area (Å²) in [5, 5.41) is 13.1. The SMILES string of the molecule is O=C(NC1CCCCC1)c1c(O)n(-c2ccc(F)cc2)c(=O)[nH]c1=O. The highest BCUT2D eigenvalue weighted by molar-refractivity contribution is 5.96. The summed E-state index contributed by atoms with van der Waals surface area (Å²) in [7, 11) is 0. The first-order chi connectivity index (χ1) is 12.0. The molecule has 0 aliphatic heterocycles. The van der Waals surface area contributed by atoms with E-state index < -0.39 is 34.4 Å². The van der Waals surface area contributed by atoms with Crippen molar-refractivity contribution in [3.8, 4) is 11.6 Å². The van der Waals surface area contributed by atoms with E-state index in [1.165, 1.54) is 12.1 Å². The first kappa shape index (κ1) is 16.9. The zero-order valence-electron chi connectivity index (χ0n) is 13.4. The minimum absolute atomic E-state index is 0.0637. The first-order valence-corrected chi connectivity index (χ1v) is 8.12. The Bertz CT molecular complexity index is 896. The highest BCUT2D eigenvalue weighted by Crippen LogP contribution is 2.20. The van der Waals surface area contributed by atoms with Crippen LogP contribution in [-0.2, 0) is 0 Å². The zero-order chi connectivity index (χ0) is 18.0. The van der Waals surface area contributed by atoms with E-state index in [1.54, 1.807) is 0 Å². The number of hydrogen-bond acceptors (Lipinski definition) is 4. The van der Waals surface area contributed by atoms with Gasteiger partial charge in [0.1, 0.15) is 5.82 Å². The molecular formula is C17H18FN3O4. The van der Waals surface area contributed by atoms with Crippen molar-refractivity contribution in [2.24, 2.45) is 0 Å². The Hall–Kier alpha value is -2.90. The van der Waals surface area contributed by atoms with Crippen molar-refractivity contribution in [3.05, 3.63) is 56.5 Å². The van der Waals surface area contributed by atoms with Crippen molar-refractivity contribution in [1.82, 2.24) is 14.9 Å². The normalized spacial score (nSPS) is 15.1. The topological polar surface area (TPSA) is 104 Å². The summed E-state index contributed by atoms with van der Waals surface area (Å²) in [6, 6.07) is 4.67. The smallest absolute Gasteiger partial charge is 0.335 e. The second-order valence-electron chi connectivity index (χ2n) is 6.08. The summed E-state index contributed by atoms with van der Waals surface area (Å²) < 4.78 is 13.8. The number of nitrogens with zero attached hydrogens (tertiary/aromatic N) is 1. The maximum absolute atomic E-state index is 13.1. The van der Waals surface area contributed by atoms with Crippen LogP contribution in [0.5, 0.6) is 5.88 Å². The molecule has 25 heavy (non-hydrogen) atoms. The van der Waals surface area contributed by atoms with Crippen LogP contribution in [0.25, 0.3) is 5.69 Å². The quantitative estimate of drug-likeness (QED) is 0.781. The van der Waals surface area contributed by atoms with Gasteiger partial charge in [-0.25, -0.2) is 13.8 Å². The fourth-order valence-corrected chi connectivity index (χ4v) is 3.06. The van der Waals surface area contributed by atoms with E-state index in [4.69, 9.17) is 0 Å². The van der Waals surface area contributed by atoms with Gasteiger partial charge >= 0.3 is 5.69 Å². The molecule has 7 nitrogen and oxygen atoms in total. The van der Waals surface area contributed by atoms with E-state index >= 15 is 0 Å². The van der Waals surface area contributed by atoms with Gasteiger partial charge < -0.3 is 10.4 Å². The highest BCUT2D eigenvalue weighted by Gasteiger charge is 2.24. The Balaban J connectivity index is 2.00. The van der Waals surface area contributed by atoms with E-state index in [2.05, 4.69) is 5.32 Å². The Labute approximate surface area is 142 Å². The van der Waals surface area contributed by atoms with Crippen LogP contribution < -0.4 is 16.6 Å². The summed E-state index contributed by atoms with van der Waals surface area (Å²) in [6.07, 6.45) is 4.70. The number of benzene rings is 1. The molecule has 1 heterocycles. The Morgan fingerprint density at radius 3 is 2.44 bits per heavy atom. The Morgan fingerprint density at radius 1 is 1.16 bits per heavy atom. The molecule has 1 amide bonds. The van der Waals surface area contributed by atoms with Crippen molar-refractivity contribution in [2.45, 2.75) is 38.1 Å². The monoisotopic (exact) mass is 347 g/mol. The average molecular weight is 347 g/mol. The molecule has 0 saturated heterocycles. The first-order valence-electron chi connectivity index (χ1n) is 8.12. The van der Waals surface area contributed by atoms with Gasteiger partial charge in [-0.2, -0.15) is 0 Å². The number of rotatable bonds is 3. The lowest BCUT2D eigenvalue weighted by molar-refractivity contribution is 0.0922. The number of amides is 1. The molecule has 8 heteroatoms. The van der Waals surface area contributed by atoms with Gasteiger partial charge in [0.15, 0.2) is 5.56 Å². The second kappa shape index (κ2) is 6.92. The molecule has 1 aliphatic carbocycles. The van der Waals surface area contributed by atoms with E-state index in [9.17, 15) is 23.9 Å². The predicted molar refractivity (Wildman–Crippen MR) is 88.6 cm³/mol.